The van der Waals surface area contributed by atoms with Crippen LogP contribution in [0.25, 0.3) is 10.9 Å². The van der Waals surface area contributed by atoms with Crippen molar-refractivity contribution in [3.8, 4) is 6.07 Å². The molecule has 0 bridgehead atoms. The van der Waals surface area contributed by atoms with Crippen LogP contribution in [-0.2, 0) is 0 Å². The van der Waals surface area contributed by atoms with Crippen LogP contribution < -0.4 is 21.6 Å². The molecule has 1 atom stereocenters. The number of halogens is 4. The number of aromatic nitrogens is 2. The highest BCUT2D eigenvalue weighted by Gasteiger charge is 2.58. The zero-order valence-corrected chi connectivity index (χ0v) is 24.2. The highest BCUT2D eigenvalue weighted by molar-refractivity contribution is 6.35. The largest absolute Gasteiger partial charge is 0.383 e. The lowest BCUT2D eigenvalue weighted by atomic mass is 9.96. The molecule has 41 heavy (non-hydrogen) atoms. The molecule has 1 aliphatic heterocycles. The van der Waals surface area contributed by atoms with Crippen LogP contribution in [0.1, 0.15) is 63.4 Å². The third kappa shape index (κ3) is 5.46. The fourth-order valence-corrected chi connectivity index (χ4v) is 5.36. The second kappa shape index (κ2) is 10.6. The van der Waals surface area contributed by atoms with E-state index in [1.807, 2.05) is 6.07 Å². The van der Waals surface area contributed by atoms with Crippen LogP contribution in [0.3, 0.4) is 0 Å². The number of hydrogen-bond acceptors (Lipinski definition) is 8. The maximum atomic E-state index is 14.0. The van der Waals surface area contributed by atoms with Gasteiger partial charge in [-0.1, -0.05) is 38.4 Å². The van der Waals surface area contributed by atoms with Gasteiger partial charge in [0, 0.05) is 35.1 Å². The molecule has 0 amide bonds. The molecule has 12 heteroatoms. The average molecular weight is 585 g/mol. The number of nitrogens with zero attached hydrogens (tertiary/aromatic N) is 4. The van der Waals surface area contributed by atoms with Gasteiger partial charge in [-0.25, -0.2) is 13.8 Å². The van der Waals surface area contributed by atoms with Gasteiger partial charge in [0.25, 0.3) is 6.43 Å². The van der Waals surface area contributed by atoms with Gasteiger partial charge in [-0.2, -0.15) is 9.65 Å². The Kier molecular flexibility index (Phi) is 7.42. The number of rotatable bonds is 8. The topological polar surface area (TPSA) is 101 Å². The van der Waals surface area contributed by atoms with Gasteiger partial charge in [0.05, 0.1) is 39.2 Å². The monoisotopic (exact) mass is 584 g/mol. The fraction of sp³-hybridized carbons (Fsp3) is 0.414. The summed E-state index contributed by atoms with van der Waals surface area (Å²) in [5.74, 6) is -0.622. The first kappa shape index (κ1) is 28.8. The standard InChI is InChI=1S/C29H32ClF3N8/c1-15-19(6-7-22(31)37-15)26(23-16(2)41(40-39-23)29(8-9-29)27(32)33)38-18-10-20-24(36-14-28(3,4)5)17(12-34)13-35-25(20)21(30)11-18/h6-7,10-11,13,26-27,38-40H,8-9,14H2,1-5H3,(H,35,36)/t26-/m0/s1. The SMILES string of the molecule is CC1=C([C@@H](Nc2cc(Cl)c3ncc(C#N)c(NCC(C)(C)C)c3c2)c2ccc(F)nc2C)NNN1C1(C(F)F)CC1. The number of hydrazine groups is 2. The molecule has 4 N–H and O–H groups in total. The van der Waals surface area contributed by atoms with Crippen LogP contribution in [-0.4, -0.2) is 33.5 Å². The van der Waals surface area contributed by atoms with Gasteiger partial charge >= 0.3 is 0 Å². The van der Waals surface area contributed by atoms with E-state index >= 15 is 0 Å². The maximum Gasteiger partial charge on any atom is 0.262 e. The first-order valence-corrected chi connectivity index (χ1v) is 13.7. The first-order valence-electron chi connectivity index (χ1n) is 13.3. The fourth-order valence-electron chi connectivity index (χ4n) is 5.09. The molecule has 1 aliphatic carbocycles. The summed E-state index contributed by atoms with van der Waals surface area (Å²) < 4.78 is 42.0. The minimum atomic E-state index is -2.54. The molecule has 1 aromatic carbocycles. The van der Waals surface area contributed by atoms with Crippen molar-refractivity contribution < 1.29 is 13.2 Å². The van der Waals surface area contributed by atoms with E-state index in [9.17, 15) is 18.4 Å². The molecular formula is C29H32ClF3N8. The van der Waals surface area contributed by atoms with Crippen molar-refractivity contribution in [3.05, 3.63) is 69.6 Å². The van der Waals surface area contributed by atoms with E-state index in [2.05, 4.69) is 58.4 Å². The quantitative estimate of drug-likeness (QED) is 0.221. The maximum absolute atomic E-state index is 14.0. The molecule has 0 spiro atoms. The van der Waals surface area contributed by atoms with Crippen molar-refractivity contribution in [2.75, 3.05) is 17.2 Å². The molecule has 216 valence electrons. The Bertz CT molecular complexity index is 1570. The van der Waals surface area contributed by atoms with Gasteiger partial charge < -0.3 is 16.1 Å². The number of alkyl halides is 2. The van der Waals surface area contributed by atoms with Gasteiger partial charge in [-0.15, -0.1) is 5.53 Å². The summed E-state index contributed by atoms with van der Waals surface area (Å²) in [5, 5.41) is 19.2. The Morgan fingerprint density at radius 2 is 1.95 bits per heavy atom. The van der Waals surface area contributed by atoms with Crippen LogP contribution in [0.2, 0.25) is 5.02 Å². The van der Waals surface area contributed by atoms with E-state index in [4.69, 9.17) is 11.6 Å². The third-order valence-corrected chi connectivity index (χ3v) is 7.77. The minimum absolute atomic E-state index is 0.0612. The lowest BCUT2D eigenvalue weighted by Crippen LogP contribution is -2.49. The van der Waals surface area contributed by atoms with Gasteiger partial charge in [-0.05, 0) is 50.3 Å². The summed E-state index contributed by atoms with van der Waals surface area (Å²) in [5.41, 5.74) is 9.00. The summed E-state index contributed by atoms with van der Waals surface area (Å²) in [7, 11) is 0. The van der Waals surface area contributed by atoms with E-state index < -0.39 is 24.0 Å². The molecule has 8 nitrogen and oxygen atoms in total. The van der Waals surface area contributed by atoms with Gasteiger partial charge in [0.1, 0.15) is 11.6 Å². The number of nitrogens with one attached hydrogen (secondary N) is 4. The van der Waals surface area contributed by atoms with Crippen LogP contribution in [0.4, 0.5) is 24.5 Å². The van der Waals surface area contributed by atoms with E-state index in [1.54, 1.807) is 26.0 Å². The predicted octanol–water partition coefficient (Wildman–Crippen LogP) is 6.57. The Hall–Kier alpha value is -3.75. The second-order valence-corrected chi connectivity index (χ2v) is 12.2. The van der Waals surface area contributed by atoms with Gasteiger partial charge in [0.15, 0.2) is 0 Å². The number of nitriles is 1. The number of benzene rings is 1. The third-order valence-electron chi connectivity index (χ3n) is 7.49. The molecule has 2 aromatic heterocycles. The average Bonchev–Trinajstić information content (AvgIpc) is 3.62. The Morgan fingerprint density at radius 3 is 2.56 bits per heavy atom. The zero-order chi connectivity index (χ0) is 29.7. The number of anilines is 2. The Morgan fingerprint density at radius 1 is 1.22 bits per heavy atom. The van der Waals surface area contributed by atoms with Crippen molar-refractivity contribution in [2.24, 2.45) is 5.41 Å². The molecule has 3 aromatic rings. The lowest BCUT2D eigenvalue weighted by molar-refractivity contribution is 0.00252. The van der Waals surface area contributed by atoms with Crippen molar-refractivity contribution in [2.45, 2.75) is 65.5 Å². The molecule has 0 saturated heterocycles. The van der Waals surface area contributed by atoms with Crippen LogP contribution in [0, 0.1) is 29.6 Å². The molecular weight excluding hydrogens is 553 g/mol. The summed E-state index contributed by atoms with van der Waals surface area (Å²) in [6, 6.07) is 8.01. The summed E-state index contributed by atoms with van der Waals surface area (Å²) in [4.78, 5) is 8.42. The van der Waals surface area contributed by atoms with E-state index in [-0.39, 0.29) is 5.41 Å². The number of fused-ring (bicyclic) bond motifs is 1. The molecule has 0 radical (unpaired) electrons. The van der Waals surface area contributed by atoms with Crippen molar-refractivity contribution in [3.63, 3.8) is 0 Å². The molecule has 1 fully saturated rings. The number of aryl methyl sites for hydroxylation is 1. The molecule has 1 saturated carbocycles. The summed E-state index contributed by atoms with van der Waals surface area (Å²) in [6.45, 7) is 10.3. The highest BCUT2D eigenvalue weighted by atomic mass is 35.5. The minimum Gasteiger partial charge on any atom is -0.383 e. The normalized spacial score (nSPS) is 17.0. The van der Waals surface area contributed by atoms with Crippen molar-refractivity contribution in [1.82, 2.24) is 25.9 Å². The molecule has 0 unspecified atom stereocenters. The Balaban J connectivity index is 1.61. The Labute approximate surface area is 241 Å². The summed E-state index contributed by atoms with van der Waals surface area (Å²) in [6.07, 6.45) is -0.321. The predicted molar refractivity (Wildman–Crippen MR) is 153 cm³/mol. The summed E-state index contributed by atoms with van der Waals surface area (Å²) >= 11 is 6.71. The van der Waals surface area contributed by atoms with Crippen molar-refractivity contribution in [1.29, 1.82) is 5.26 Å². The van der Waals surface area contributed by atoms with E-state index in [0.717, 1.165) is 0 Å². The highest BCUT2D eigenvalue weighted by Crippen LogP contribution is 2.49. The van der Waals surface area contributed by atoms with Crippen LogP contribution in [0.5, 0.6) is 0 Å². The molecule has 3 heterocycles. The molecule has 2 aliphatic rings. The number of pyridine rings is 2. The van der Waals surface area contributed by atoms with E-state index in [0.29, 0.717) is 74.9 Å². The zero-order valence-electron chi connectivity index (χ0n) is 23.5. The van der Waals surface area contributed by atoms with Gasteiger partial charge in [0.2, 0.25) is 5.95 Å². The lowest BCUT2D eigenvalue weighted by Gasteiger charge is -2.29. The smallest absolute Gasteiger partial charge is 0.262 e. The van der Waals surface area contributed by atoms with Crippen LogP contribution in [0.15, 0.2) is 41.9 Å². The van der Waals surface area contributed by atoms with Crippen molar-refractivity contribution >= 4 is 33.9 Å². The number of hydrogen-bond donors (Lipinski definition) is 4. The van der Waals surface area contributed by atoms with Crippen LogP contribution >= 0.6 is 11.6 Å². The number of allylic oxidation sites excluding steroid dienone is 1. The first-order chi connectivity index (χ1) is 19.3. The van der Waals surface area contributed by atoms with E-state index in [1.165, 1.54) is 17.3 Å². The van der Waals surface area contributed by atoms with Gasteiger partial charge in [-0.3, -0.25) is 9.99 Å². The molecule has 5 rings (SSSR count). The second-order valence-electron chi connectivity index (χ2n) is 11.8.